The number of aliphatic carboxylic acids is 1. The quantitative estimate of drug-likeness (QED) is 0.876. The van der Waals surface area contributed by atoms with Crippen LogP contribution in [0.2, 0.25) is 0 Å². The van der Waals surface area contributed by atoms with Crippen molar-refractivity contribution in [3.8, 4) is 5.69 Å². The van der Waals surface area contributed by atoms with Gasteiger partial charge in [0, 0.05) is 29.7 Å². The summed E-state index contributed by atoms with van der Waals surface area (Å²) in [6.45, 7) is 3.24. The van der Waals surface area contributed by atoms with Gasteiger partial charge in [-0.1, -0.05) is 0 Å². The van der Waals surface area contributed by atoms with E-state index in [4.69, 9.17) is 5.11 Å². The minimum Gasteiger partial charge on any atom is -0.481 e. The number of imidazole rings is 1. The molecule has 2 N–H and O–H groups in total. The summed E-state index contributed by atoms with van der Waals surface area (Å²) in [5.74, 6) is -1.86. The van der Waals surface area contributed by atoms with Crippen molar-refractivity contribution in [1.82, 2.24) is 14.9 Å². The molecule has 0 spiro atoms. The number of benzene rings is 1. The van der Waals surface area contributed by atoms with Crippen LogP contribution < -0.4 is 5.32 Å². The molecule has 0 saturated carbocycles. The Kier molecular flexibility index (Phi) is 4.37. The van der Waals surface area contributed by atoms with Crippen molar-refractivity contribution in [2.24, 2.45) is 5.92 Å². The number of carbonyl (C=O) groups excluding carboxylic acids is 1. The van der Waals surface area contributed by atoms with Gasteiger partial charge in [0.05, 0.1) is 12.2 Å². The van der Waals surface area contributed by atoms with Crippen LogP contribution in [0.5, 0.6) is 0 Å². The van der Waals surface area contributed by atoms with E-state index in [9.17, 15) is 9.59 Å². The summed E-state index contributed by atoms with van der Waals surface area (Å²) in [6, 6.07) is 6.57. The Morgan fingerprint density at radius 3 is 2.43 bits per heavy atom. The van der Waals surface area contributed by atoms with Crippen LogP contribution in [-0.4, -0.2) is 32.6 Å². The van der Waals surface area contributed by atoms with Gasteiger partial charge in [0.1, 0.15) is 0 Å². The van der Waals surface area contributed by atoms with Gasteiger partial charge < -0.3 is 15.0 Å². The van der Waals surface area contributed by atoms with Crippen molar-refractivity contribution >= 4 is 11.9 Å². The maximum absolute atomic E-state index is 12.1. The Morgan fingerprint density at radius 2 is 1.90 bits per heavy atom. The molecule has 0 fully saturated rings. The third kappa shape index (κ3) is 3.47. The zero-order valence-electron chi connectivity index (χ0n) is 11.9. The number of nitrogens with one attached hydrogen (secondary N) is 1. The fourth-order valence-corrected chi connectivity index (χ4v) is 1.83. The minimum atomic E-state index is -0.932. The number of hydrogen-bond donors (Lipinski definition) is 2. The van der Waals surface area contributed by atoms with Crippen molar-refractivity contribution in [3.63, 3.8) is 0 Å². The summed E-state index contributed by atoms with van der Waals surface area (Å²) in [6.07, 6.45) is 5.16. The first-order chi connectivity index (χ1) is 9.99. The molecule has 1 aromatic heterocycles. The predicted molar refractivity (Wildman–Crippen MR) is 77.3 cm³/mol. The van der Waals surface area contributed by atoms with Crippen molar-refractivity contribution in [2.75, 3.05) is 0 Å². The van der Waals surface area contributed by atoms with Crippen LogP contribution in [0.25, 0.3) is 5.69 Å². The number of carboxylic acid groups (broad SMARTS) is 1. The highest BCUT2D eigenvalue weighted by molar-refractivity contribution is 5.94. The van der Waals surface area contributed by atoms with Gasteiger partial charge in [-0.2, -0.15) is 0 Å². The number of aromatic nitrogens is 2. The van der Waals surface area contributed by atoms with Crippen molar-refractivity contribution in [2.45, 2.75) is 19.9 Å². The Balaban J connectivity index is 2.05. The fourth-order valence-electron chi connectivity index (χ4n) is 1.83. The van der Waals surface area contributed by atoms with E-state index in [-0.39, 0.29) is 5.91 Å². The topological polar surface area (TPSA) is 84.2 Å². The zero-order chi connectivity index (χ0) is 15.4. The first-order valence-corrected chi connectivity index (χ1v) is 6.61. The highest BCUT2D eigenvalue weighted by atomic mass is 16.4. The van der Waals surface area contributed by atoms with Gasteiger partial charge in [0.15, 0.2) is 0 Å². The number of carbonyl (C=O) groups is 2. The molecule has 0 bridgehead atoms. The number of nitrogens with zero attached hydrogens (tertiary/aromatic N) is 2. The van der Waals surface area contributed by atoms with Crippen LogP contribution in [-0.2, 0) is 4.79 Å². The molecule has 0 radical (unpaired) electrons. The van der Waals surface area contributed by atoms with Crippen LogP contribution in [0, 0.1) is 5.92 Å². The van der Waals surface area contributed by atoms with E-state index in [2.05, 4.69) is 10.3 Å². The second-order valence-electron chi connectivity index (χ2n) is 4.91. The van der Waals surface area contributed by atoms with Gasteiger partial charge in [0.2, 0.25) is 0 Å². The fraction of sp³-hybridized carbons (Fsp3) is 0.267. The molecule has 0 saturated heterocycles. The Labute approximate surface area is 122 Å². The highest BCUT2D eigenvalue weighted by Crippen LogP contribution is 2.10. The van der Waals surface area contributed by atoms with E-state index in [1.807, 2.05) is 22.9 Å². The molecule has 1 amide bonds. The molecule has 2 rings (SSSR count). The monoisotopic (exact) mass is 287 g/mol. The van der Waals surface area contributed by atoms with Gasteiger partial charge >= 0.3 is 5.97 Å². The number of hydrogen-bond acceptors (Lipinski definition) is 3. The van der Waals surface area contributed by atoms with Crippen molar-refractivity contribution < 1.29 is 14.7 Å². The number of amides is 1. The Morgan fingerprint density at radius 1 is 1.24 bits per heavy atom. The average Bonchev–Trinajstić information content (AvgIpc) is 3.00. The van der Waals surface area contributed by atoms with Crippen molar-refractivity contribution in [3.05, 3.63) is 48.5 Å². The van der Waals surface area contributed by atoms with Gasteiger partial charge in [-0.05, 0) is 38.1 Å². The zero-order valence-corrected chi connectivity index (χ0v) is 11.9. The molecular weight excluding hydrogens is 270 g/mol. The molecule has 6 nitrogen and oxygen atoms in total. The lowest BCUT2D eigenvalue weighted by molar-refractivity contribution is -0.141. The van der Waals surface area contributed by atoms with Crippen LogP contribution in [0.3, 0.4) is 0 Å². The lowest BCUT2D eigenvalue weighted by Crippen LogP contribution is -2.40. The van der Waals surface area contributed by atoms with Gasteiger partial charge in [-0.15, -0.1) is 0 Å². The highest BCUT2D eigenvalue weighted by Gasteiger charge is 2.21. The van der Waals surface area contributed by atoms with E-state index < -0.39 is 17.9 Å². The summed E-state index contributed by atoms with van der Waals surface area (Å²) in [7, 11) is 0. The summed E-state index contributed by atoms with van der Waals surface area (Å²) < 4.78 is 1.83. The molecule has 2 atom stereocenters. The standard InChI is InChI=1S/C15H17N3O3/c1-10(15(20)21)11(2)17-14(19)12-3-5-13(6-4-12)18-8-7-16-9-18/h3-11H,1-2H3,(H,17,19)(H,20,21). The Bertz CT molecular complexity index is 620. The van der Waals surface area contributed by atoms with Crippen LogP contribution in [0.1, 0.15) is 24.2 Å². The summed E-state index contributed by atoms with van der Waals surface area (Å²) in [5, 5.41) is 11.6. The van der Waals surface area contributed by atoms with E-state index in [1.165, 1.54) is 0 Å². The van der Waals surface area contributed by atoms with E-state index in [0.29, 0.717) is 5.56 Å². The van der Waals surface area contributed by atoms with Gasteiger partial charge in [-0.25, -0.2) is 4.98 Å². The molecule has 110 valence electrons. The minimum absolute atomic E-state index is 0.284. The normalized spacial score (nSPS) is 13.4. The number of carboxylic acids is 1. The summed E-state index contributed by atoms with van der Waals surface area (Å²) in [4.78, 5) is 26.9. The van der Waals surface area contributed by atoms with E-state index >= 15 is 0 Å². The second-order valence-corrected chi connectivity index (χ2v) is 4.91. The largest absolute Gasteiger partial charge is 0.481 e. The van der Waals surface area contributed by atoms with Crippen molar-refractivity contribution in [1.29, 1.82) is 0 Å². The van der Waals surface area contributed by atoms with E-state index in [0.717, 1.165) is 5.69 Å². The third-order valence-corrected chi connectivity index (χ3v) is 3.43. The smallest absolute Gasteiger partial charge is 0.308 e. The van der Waals surface area contributed by atoms with Gasteiger partial charge in [0.25, 0.3) is 5.91 Å². The lowest BCUT2D eigenvalue weighted by atomic mass is 10.0. The van der Waals surface area contributed by atoms with Crippen LogP contribution in [0.15, 0.2) is 43.0 Å². The molecule has 2 aromatic rings. The molecule has 2 unspecified atom stereocenters. The third-order valence-electron chi connectivity index (χ3n) is 3.43. The van der Waals surface area contributed by atoms with E-state index in [1.54, 1.807) is 38.5 Å². The average molecular weight is 287 g/mol. The molecule has 1 aromatic carbocycles. The molecule has 0 aliphatic carbocycles. The second kappa shape index (κ2) is 6.21. The van der Waals surface area contributed by atoms with Gasteiger partial charge in [-0.3, -0.25) is 9.59 Å². The first-order valence-electron chi connectivity index (χ1n) is 6.61. The van der Waals surface area contributed by atoms with Crippen LogP contribution >= 0.6 is 0 Å². The van der Waals surface area contributed by atoms with Crippen LogP contribution in [0.4, 0.5) is 0 Å². The maximum atomic E-state index is 12.1. The summed E-state index contributed by atoms with van der Waals surface area (Å²) in [5.41, 5.74) is 1.39. The molecular formula is C15H17N3O3. The molecule has 0 aliphatic heterocycles. The predicted octanol–water partition coefficient (Wildman–Crippen LogP) is 1.71. The molecule has 0 aliphatic rings. The maximum Gasteiger partial charge on any atom is 0.308 e. The Hall–Kier alpha value is -2.63. The first kappa shape index (κ1) is 14.8. The number of rotatable bonds is 5. The molecule has 21 heavy (non-hydrogen) atoms. The summed E-state index contributed by atoms with van der Waals surface area (Å²) >= 11 is 0. The lowest BCUT2D eigenvalue weighted by Gasteiger charge is -2.17. The molecule has 1 heterocycles. The molecule has 6 heteroatoms. The SMILES string of the molecule is CC(NC(=O)c1ccc(-n2ccnc2)cc1)C(C)C(=O)O.